The van der Waals surface area contributed by atoms with Crippen LogP contribution in [0.15, 0.2) is 24.5 Å². The summed E-state index contributed by atoms with van der Waals surface area (Å²) in [5.74, 6) is 0.662. The van der Waals surface area contributed by atoms with Crippen molar-refractivity contribution in [2.75, 3.05) is 0 Å². The fourth-order valence-electron chi connectivity index (χ4n) is 3.52. The fraction of sp³-hybridized carbons (Fsp3) is 0.688. The summed E-state index contributed by atoms with van der Waals surface area (Å²) >= 11 is 0. The van der Waals surface area contributed by atoms with Gasteiger partial charge < -0.3 is 5.11 Å². The summed E-state index contributed by atoms with van der Waals surface area (Å²) < 4.78 is 0. The molecule has 100 valence electrons. The Morgan fingerprint density at radius 3 is 2.39 bits per heavy atom. The second-order valence-electron chi connectivity index (χ2n) is 6.24. The van der Waals surface area contributed by atoms with Gasteiger partial charge in [-0.1, -0.05) is 26.7 Å². The van der Waals surface area contributed by atoms with Crippen LogP contribution in [-0.2, 0) is 6.42 Å². The number of pyridine rings is 1. The highest BCUT2D eigenvalue weighted by molar-refractivity contribution is 5.12. The molecule has 1 atom stereocenters. The Bertz CT molecular complexity index is 355. The zero-order chi connectivity index (χ0) is 13.0. The Hall–Kier alpha value is -0.890. The lowest BCUT2D eigenvalue weighted by Crippen LogP contribution is -2.35. The van der Waals surface area contributed by atoms with E-state index in [0.717, 1.165) is 12.8 Å². The number of hydrogen-bond donors (Lipinski definition) is 1. The quantitative estimate of drug-likeness (QED) is 0.862. The van der Waals surface area contributed by atoms with Crippen molar-refractivity contribution in [2.24, 2.45) is 11.3 Å². The third-order valence-corrected chi connectivity index (χ3v) is 4.30. The standard InChI is InChI=1S/C16H25NO/c1-13(2)12-16(7-3-4-8-16)15(18)11-14-5-9-17-10-6-14/h5-6,9-10,13,15,18H,3-4,7-8,11-12H2,1-2H3. The maximum absolute atomic E-state index is 10.7. The summed E-state index contributed by atoms with van der Waals surface area (Å²) in [6, 6.07) is 4.03. The molecule has 2 nitrogen and oxygen atoms in total. The van der Waals surface area contributed by atoms with Gasteiger partial charge in [0, 0.05) is 12.4 Å². The zero-order valence-corrected chi connectivity index (χ0v) is 11.6. The van der Waals surface area contributed by atoms with Gasteiger partial charge in [0.1, 0.15) is 0 Å². The molecule has 0 aromatic carbocycles. The average molecular weight is 247 g/mol. The number of aliphatic hydroxyl groups is 1. The summed E-state index contributed by atoms with van der Waals surface area (Å²) in [5.41, 5.74) is 1.37. The molecule has 18 heavy (non-hydrogen) atoms. The first-order chi connectivity index (χ1) is 8.62. The van der Waals surface area contributed by atoms with Gasteiger partial charge in [0.25, 0.3) is 0 Å². The van der Waals surface area contributed by atoms with Gasteiger partial charge in [-0.05, 0) is 54.7 Å². The van der Waals surface area contributed by atoms with Gasteiger partial charge in [-0.3, -0.25) is 4.98 Å². The van der Waals surface area contributed by atoms with Crippen molar-refractivity contribution >= 4 is 0 Å². The first kappa shape index (κ1) is 13.5. The van der Waals surface area contributed by atoms with Crippen LogP contribution in [-0.4, -0.2) is 16.2 Å². The van der Waals surface area contributed by atoms with Crippen LogP contribution in [0.1, 0.15) is 51.5 Å². The summed E-state index contributed by atoms with van der Waals surface area (Å²) in [6.07, 6.45) is 10.3. The molecular weight excluding hydrogens is 222 g/mol. The normalized spacial score (nSPS) is 20.2. The van der Waals surface area contributed by atoms with Crippen LogP contribution in [0, 0.1) is 11.3 Å². The predicted molar refractivity (Wildman–Crippen MR) is 74.3 cm³/mol. The second-order valence-corrected chi connectivity index (χ2v) is 6.24. The molecular formula is C16H25NO. The second kappa shape index (κ2) is 5.83. The van der Waals surface area contributed by atoms with E-state index < -0.39 is 0 Å². The highest BCUT2D eigenvalue weighted by Gasteiger charge is 2.40. The van der Waals surface area contributed by atoms with E-state index in [1.165, 1.54) is 31.2 Å². The summed E-state index contributed by atoms with van der Waals surface area (Å²) in [6.45, 7) is 4.53. The van der Waals surface area contributed by atoms with E-state index >= 15 is 0 Å². The van der Waals surface area contributed by atoms with Crippen LogP contribution in [0.2, 0.25) is 0 Å². The van der Waals surface area contributed by atoms with Gasteiger partial charge in [0.15, 0.2) is 0 Å². The molecule has 1 fully saturated rings. The van der Waals surface area contributed by atoms with Crippen LogP contribution in [0.4, 0.5) is 0 Å². The van der Waals surface area contributed by atoms with Crippen molar-refractivity contribution in [3.05, 3.63) is 30.1 Å². The Morgan fingerprint density at radius 2 is 1.83 bits per heavy atom. The van der Waals surface area contributed by atoms with E-state index in [1.54, 1.807) is 0 Å². The average Bonchev–Trinajstić information content (AvgIpc) is 2.79. The lowest BCUT2D eigenvalue weighted by atomic mass is 9.72. The third-order valence-electron chi connectivity index (χ3n) is 4.30. The van der Waals surface area contributed by atoms with Gasteiger partial charge in [-0.2, -0.15) is 0 Å². The molecule has 0 spiro atoms. The molecule has 1 aromatic heterocycles. The van der Waals surface area contributed by atoms with Crippen LogP contribution in [0.25, 0.3) is 0 Å². The monoisotopic (exact) mass is 247 g/mol. The van der Waals surface area contributed by atoms with Crippen molar-refractivity contribution in [1.29, 1.82) is 0 Å². The Morgan fingerprint density at radius 1 is 1.22 bits per heavy atom. The predicted octanol–water partition coefficient (Wildman–Crippen LogP) is 3.59. The first-order valence-electron chi connectivity index (χ1n) is 7.19. The number of aromatic nitrogens is 1. The molecule has 0 saturated heterocycles. The molecule has 0 radical (unpaired) electrons. The first-order valence-corrected chi connectivity index (χ1v) is 7.19. The van der Waals surface area contributed by atoms with Gasteiger partial charge in [0.2, 0.25) is 0 Å². The van der Waals surface area contributed by atoms with Crippen molar-refractivity contribution in [3.63, 3.8) is 0 Å². The number of aliphatic hydroxyl groups excluding tert-OH is 1. The van der Waals surface area contributed by atoms with Crippen molar-refractivity contribution in [1.82, 2.24) is 4.98 Å². The topological polar surface area (TPSA) is 33.1 Å². The number of hydrogen-bond acceptors (Lipinski definition) is 2. The smallest absolute Gasteiger partial charge is 0.0636 e. The lowest BCUT2D eigenvalue weighted by Gasteiger charge is -2.36. The number of rotatable bonds is 5. The fourth-order valence-corrected chi connectivity index (χ4v) is 3.52. The van der Waals surface area contributed by atoms with E-state index in [-0.39, 0.29) is 11.5 Å². The molecule has 1 aliphatic carbocycles. The van der Waals surface area contributed by atoms with E-state index in [0.29, 0.717) is 5.92 Å². The van der Waals surface area contributed by atoms with Gasteiger partial charge in [0.05, 0.1) is 6.10 Å². The van der Waals surface area contributed by atoms with E-state index in [4.69, 9.17) is 0 Å². The molecule has 2 rings (SSSR count). The highest BCUT2D eigenvalue weighted by Crippen LogP contribution is 2.46. The Labute approximate surface area is 110 Å². The summed E-state index contributed by atoms with van der Waals surface area (Å²) in [4.78, 5) is 4.03. The van der Waals surface area contributed by atoms with Crippen LogP contribution >= 0.6 is 0 Å². The molecule has 1 heterocycles. The van der Waals surface area contributed by atoms with E-state index in [9.17, 15) is 5.11 Å². The molecule has 0 amide bonds. The van der Waals surface area contributed by atoms with Crippen molar-refractivity contribution in [2.45, 2.75) is 58.5 Å². The minimum atomic E-state index is -0.204. The molecule has 1 saturated carbocycles. The molecule has 1 unspecified atom stereocenters. The highest BCUT2D eigenvalue weighted by atomic mass is 16.3. The zero-order valence-electron chi connectivity index (χ0n) is 11.6. The van der Waals surface area contributed by atoms with Gasteiger partial charge in [-0.25, -0.2) is 0 Å². The van der Waals surface area contributed by atoms with Crippen molar-refractivity contribution in [3.8, 4) is 0 Å². The largest absolute Gasteiger partial charge is 0.392 e. The van der Waals surface area contributed by atoms with E-state index in [1.807, 2.05) is 24.5 Å². The molecule has 0 aliphatic heterocycles. The Kier molecular flexibility index (Phi) is 4.39. The van der Waals surface area contributed by atoms with Crippen LogP contribution < -0.4 is 0 Å². The maximum atomic E-state index is 10.7. The third kappa shape index (κ3) is 3.11. The maximum Gasteiger partial charge on any atom is 0.0636 e. The van der Waals surface area contributed by atoms with Gasteiger partial charge >= 0.3 is 0 Å². The van der Waals surface area contributed by atoms with Crippen LogP contribution in [0.3, 0.4) is 0 Å². The molecule has 1 aromatic rings. The molecule has 1 N–H and O–H groups in total. The Balaban J connectivity index is 2.06. The molecule has 2 heteroatoms. The van der Waals surface area contributed by atoms with Crippen molar-refractivity contribution < 1.29 is 5.11 Å². The minimum absolute atomic E-state index is 0.164. The lowest BCUT2D eigenvalue weighted by molar-refractivity contribution is 0.0134. The van der Waals surface area contributed by atoms with E-state index in [2.05, 4.69) is 18.8 Å². The summed E-state index contributed by atoms with van der Waals surface area (Å²) in [5, 5.41) is 10.7. The number of nitrogens with zero attached hydrogens (tertiary/aromatic N) is 1. The molecule has 1 aliphatic rings. The summed E-state index contributed by atoms with van der Waals surface area (Å²) in [7, 11) is 0. The van der Waals surface area contributed by atoms with Crippen LogP contribution in [0.5, 0.6) is 0 Å². The van der Waals surface area contributed by atoms with Gasteiger partial charge in [-0.15, -0.1) is 0 Å². The minimum Gasteiger partial charge on any atom is -0.392 e. The molecule has 0 bridgehead atoms. The SMILES string of the molecule is CC(C)CC1(C(O)Cc2ccncc2)CCCC1.